The van der Waals surface area contributed by atoms with E-state index < -0.39 is 10.0 Å². The van der Waals surface area contributed by atoms with E-state index in [-0.39, 0.29) is 16.8 Å². The van der Waals surface area contributed by atoms with Crippen LogP contribution >= 0.6 is 0 Å². The van der Waals surface area contributed by atoms with Gasteiger partial charge in [-0.1, -0.05) is 37.8 Å². The molecule has 7 heteroatoms. The molecule has 1 amide bonds. The second-order valence-corrected chi connectivity index (χ2v) is 9.70. The summed E-state index contributed by atoms with van der Waals surface area (Å²) in [4.78, 5) is 14.9. The Balaban J connectivity index is 1.79. The first kappa shape index (κ1) is 22.2. The minimum absolute atomic E-state index is 0.0658. The molecule has 0 aromatic heterocycles. The van der Waals surface area contributed by atoms with Gasteiger partial charge in [-0.05, 0) is 49.2 Å². The number of rotatable bonds is 6. The van der Waals surface area contributed by atoms with Crippen LogP contribution in [0.1, 0.15) is 48.9 Å². The lowest BCUT2D eigenvalue weighted by Crippen LogP contribution is -2.36. The highest BCUT2D eigenvalue weighted by Gasteiger charge is 2.25. The minimum atomic E-state index is -3.78. The van der Waals surface area contributed by atoms with Crippen LogP contribution in [0.5, 0.6) is 5.75 Å². The van der Waals surface area contributed by atoms with Crippen molar-refractivity contribution in [3.05, 3.63) is 54.1 Å². The Morgan fingerprint density at radius 1 is 0.933 bits per heavy atom. The van der Waals surface area contributed by atoms with E-state index in [0.717, 1.165) is 25.7 Å². The average Bonchev–Trinajstić information content (AvgIpc) is 3.07. The topological polar surface area (TPSA) is 66.9 Å². The minimum Gasteiger partial charge on any atom is -0.495 e. The molecule has 30 heavy (non-hydrogen) atoms. The van der Waals surface area contributed by atoms with Crippen LogP contribution in [0.2, 0.25) is 0 Å². The van der Waals surface area contributed by atoms with Crippen LogP contribution in [0.15, 0.2) is 53.4 Å². The van der Waals surface area contributed by atoms with Crippen LogP contribution in [0.4, 0.5) is 5.69 Å². The molecule has 3 rings (SSSR count). The Hall–Kier alpha value is -2.54. The van der Waals surface area contributed by atoms with Crippen molar-refractivity contribution in [1.29, 1.82) is 0 Å². The Kier molecular flexibility index (Phi) is 7.02. The number of ether oxygens (including phenoxy) is 1. The van der Waals surface area contributed by atoms with Crippen LogP contribution in [0.25, 0.3) is 0 Å². The van der Waals surface area contributed by atoms with E-state index in [4.69, 9.17) is 4.74 Å². The SMILES string of the molecule is COc1ccccc1N(C)S(=O)(=O)c1ccc(C(=O)N(C)C2CCCCCC2)cc1. The molecule has 1 fully saturated rings. The van der Waals surface area contributed by atoms with Gasteiger partial charge < -0.3 is 9.64 Å². The molecule has 0 atom stereocenters. The number of benzene rings is 2. The third-order valence-electron chi connectivity index (χ3n) is 5.88. The molecule has 1 aliphatic carbocycles. The van der Waals surface area contributed by atoms with E-state index in [9.17, 15) is 13.2 Å². The van der Waals surface area contributed by atoms with Crippen molar-refractivity contribution in [3.8, 4) is 5.75 Å². The van der Waals surface area contributed by atoms with Crippen molar-refractivity contribution in [3.63, 3.8) is 0 Å². The van der Waals surface area contributed by atoms with Gasteiger partial charge in [0.2, 0.25) is 0 Å². The smallest absolute Gasteiger partial charge is 0.264 e. The first-order valence-electron chi connectivity index (χ1n) is 10.4. The van der Waals surface area contributed by atoms with Gasteiger partial charge in [0.25, 0.3) is 15.9 Å². The average molecular weight is 431 g/mol. The summed E-state index contributed by atoms with van der Waals surface area (Å²) in [5.41, 5.74) is 0.953. The van der Waals surface area contributed by atoms with Gasteiger partial charge in [0.05, 0.1) is 17.7 Å². The highest BCUT2D eigenvalue weighted by atomic mass is 32.2. The molecular formula is C23H30N2O4S. The number of amides is 1. The lowest BCUT2D eigenvalue weighted by atomic mass is 10.1. The molecule has 0 radical (unpaired) electrons. The Morgan fingerprint density at radius 3 is 2.13 bits per heavy atom. The molecular weight excluding hydrogens is 400 g/mol. The highest BCUT2D eigenvalue weighted by Crippen LogP contribution is 2.31. The van der Waals surface area contributed by atoms with E-state index in [1.165, 1.54) is 43.4 Å². The maximum atomic E-state index is 13.1. The van der Waals surface area contributed by atoms with Crippen LogP contribution < -0.4 is 9.04 Å². The zero-order valence-electron chi connectivity index (χ0n) is 17.9. The molecule has 2 aromatic carbocycles. The number of nitrogens with zero attached hydrogens (tertiary/aromatic N) is 2. The maximum Gasteiger partial charge on any atom is 0.264 e. The third kappa shape index (κ3) is 4.61. The summed E-state index contributed by atoms with van der Waals surface area (Å²) in [5.74, 6) is 0.407. The molecule has 1 aliphatic rings. The first-order chi connectivity index (χ1) is 14.4. The van der Waals surface area contributed by atoms with E-state index in [1.807, 2.05) is 11.9 Å². The molecule has 0 saturated heterocycles. The number of hydrogen-bond acceptors (Lipinski definition) is 4. The Bertz CT molecular complexity index is 965. The third-order valence-corrected chi connectivity index (χ3v) is 7.66. The van der Waals surface area contributed by atoms with Crippen molar-refractivity contribution in [2.45, 2.75) is 49.5 Å². The zero-order chi connectivity index (χ0) is 21.7. The summed E-state index contributed by atoms with van der Waals surface area (Å²) in [5, 5.41) is 0. The van der Waals surface area contributed by atoms with Crippen LogP contribution in [0, 0.1) is 0 Å². The second-order valence-electron chi connectivity index (χ2n) is 7.73. The van der Waals surface area contributed by atoms with Gasteiger partial charge in [-0.15, -0.1) is 0 Å². The first-order valence-corrected chi connectivity index (χ1v) is 11.8. The van der Waals surface area contributed by atoms with Crippen molar-refractivity contribution in [2.24, 2.45) is 0 Å². The van der Waals surface area contributed by atoms with Crippen LogP contribution in [0.3, 0.4) is 0 Å². The van der Waals surface area contributed by atoms with Crippen molar-refractivity contribution in [1.82, 2.24) is 4.90 Å². The van der Waals surface area contributed by atoms with Crippen LogP contribution in [-0.4, -0.2) is 46.5 Å². The molecule has 0 heterocycles. The molecule has 2 aromatic rings. The fourth-order valence-electron chi connectivity index (χ4n) is 3.96. The van der Waals surface area contributed by atoms with Gasteiger partial charge in [0, 0.05) is 25.7 Å². The monoisotopic (exact) mass is 430 g/mol. The number of methoxy groups -OCH3 is 1. The van der Waals surface area contributed by atoms with Crippen molar-refractivity contribution < 1.29 is 17.9 Å². The summed E-state index contributed by atoms with van der Waals surface area (Å²) >= 11 is 0. The lowest BCUT2D eigenvalue weighted by molar-refractivity contribution is 0.0717. The fraction of sp³-hybridized carbons (Fsp3) is 0.435. The highest BCUT2D eigenvalue weighted by molar-refractivity contribution is 7.92. The van der Waals surface area contributed by atoms with E-state index in [2.05, 4.69) is 0 Å². The quantitative estimate of drug-likeness (QED) is 0.641. The predicted octanol–water partition coefficient (Wildman–Crippen LogP) is 4.32. The van der Waals surface area contributed by atoms with Gasteiger partial charge in [-0.25, -0.2) is 8.42 Å². The molecule has 0 aliphatic heterocycles. The van der Waals surface area contributed by atoms with Crippen molar-refractivity contribution in [2.75, 3.05) is 25.5 Å². The number of carbonyl (C=O) groups is 1. The largest absolute Gasteiger partial charge is 0.495 e. The summed E-state index contributed by atoms with van der Waals surface area (Å²) in [6.45, 7) is 0. The van der Waals surface area contributed by atoms with Gasteiger partial charge in [0.15, 0.2) is 0 Å². The number of carbonyl (C=O) groups excluding carboxylic acids is 1. The van der Waals surface area contributed by atoms with Gasteiger partial charge >= 0.3 is 0 Å². The number of para-hydroxylation sites is 2. The van der Waals surface area contributed by atoms with Gasteiger partial charge in [0.1, 0.15) is 5.75 Å². The molecule has 0 N–H and O–H groups in total. The van der Waals surface area contributed by atoms with Crippen molar-refractivity contribution >= 4 is 21.6 Å². The normalized spacial score (nSPS) is 15.3. The predicted molar refractivity (Wildman–Crippen MR) is 119 cm³/mol. The fourth-order valence-corrected chi connectivity index (χ4v) is 5.17. The Morgan fingerprint density at radius 2 is 1.53 bits per heavy atom. The van der Waals surface area contributed by atoms with Gasteiger partial charge in [-0.3, -0.25) is 9.10 Å². The molecule has 0 bridgehead atoms. The molecule has 1 saturated carbocycles. The number of hydrogen-bond donors (Lipinski definition) is 0. The number of anilines is 1. The standard InChI is InChI=1S/C23H30N2O4S/c1-24(19-10-6-4-5-7-11-19)23(26)18-14-16-20(17-15-18)30(27,28)25(2)21-12-8-9-13-22(21)29-3/h8-9,12-17,19H,4-7,10-11H2,1-3H3. The summed E-state index contributed by atoms with van der Waals surface area (Å²) in [6, 6.07) is 13.4. The molecule has 162 valence electrons. The zero-order valence-corrected chi connectivity index (χ0v) is 18.7. The summed E-state index contributed by atoms with van der Waals surface area (Å²) in [6.07, 6.45) is 6.80. The van der Waals surface area contributed by atoms with Gasteiger partial charge in [-0.2, -0.15) is 0 Å². The summed E-state index contributed by atoms with van der Waals surface area (Å²) < 4.78 is 32.6. The maximum absolute atomic E-state index is 13.1. The molecule has 0 unspecified atom stereocenters. The van der Waals surface area contributed by atoms with E-state index >= 15 is 0 Å². The lowest BCUT2D eigenvalue weighted by Gasteiger charge is -2.27. The molecule has 0 spiro atoms. The number of sulfonamides is 1. The van der Waals surface area contributed by atoms with E-state index in [0.29, 0.717) is 17.0 Å². The summed E-state index contributed by atoms with van der Waals surface area (Å²) in [7, 11) is 1.06. The second kappa shape index (κ2) is 9.51. The molecule has 6 nitrogen and oxygen atoms in total. The van der Waals surface area contributed by atoms with E-state index in [1.54, 1.807) is 36.4 Å². The Labute approximate surface area is 179 Å². The van der Waals surface area contributed by atoms with Crippen LogP contribution in [-0.2, 0) is 10.0 Å².